The second-order valence-corrected chi connectivity index (χ2v) is 5.40. The Balaban J connectivity index is 1.97. The minimum Gasteiger partial charge on any atom is -0.317 e. The highest BCUT2D eigenvalue weighted by molar-refractivity contribution is 6.40. The third-order valence-corrected chi connectivity index (χ3v) is 3.75. The van der Waals surface area contributed by atoms with Crippen LogP contribution in [0.4, 0.5) is 5.69 Å². The summed E-state index contributed by atoms with van der Waals surface area (Å²) in [5.41, 5.74) is 3.91. The maximum absolute atomic E-state index is 11.8. The number of rotatable bonds is 3. The summed E-state index contributed by atoms with van der Waals surface area (Å²) in [5.74, 6) is -1.74. The highest BCUT2D eigenvalue weighted by Crippen LogP contribution is 2.22. The van der Waals surface area contributed by atoms with E-state index in [0.29, 0.717) is 26.9 Å². The molecular formula is C16H13Cl2N3O2. The summed E-state index contributed by atoms with van der Waals surface area (Å²) in [6.07, 6.45) is 1.36. The highest BCUT2D eigenvalue weighted by atomic mass is 35.5. The zero-order chi connectivity index (χ0) is 16.8. The molecule has 0 saturated heterocycles. The zero-order valence-corrected chi connectivity index (χ0v) is 13.7. The summed E-state index contributed by atoms with van der Waals surface area (Å²) in [5, 5.41) is 7.17. The van der Waals surface area contributed by atoms with Crippen molar-refractivity contribution < 1.29 is 9.59 Å². The summed E-state index contributed by atoms with van der Waals surface area (Å²) in [7, 11) is 0. The molecule has 0 aromatic heterocycles. The number of halogens is 2. The summed E-state index contributed by atoms with van der Waals surface area (Å²) in [4.78, 5) is 23.5. The predicted octanol–water partition coefficient (Wildman–Crippen LogP) is 3.39. The molecule has 0 saturated carbocycles. The lowest BCUT2D eigenvalue weighted by atomic mass is 10.2. The van der Waals surface area contributed by atoms with E-state index in [1.165, 1.54) is 6.21 Å². The van der Waals surface area contributed by atoms with Crippen LogP contribution in [0.2, 0.25) is 10.0 Å². The largest absolute Gasteiger partial charge is 0.329 e. The van der Waals surface area contributed by atoms with Crippen molar-refractivity contribution in [1.29, 1.82) is 0 Å². The number of nitrogens with zero attached hydrogens (tertiary/aromatic N) is 1. The van der Waals surface area contributed by atoms with Gasteiger partial charge in [0, 0.05) is 21.3 Å². The molecule has 0 bridgehead atoms. The smallest absolute Gasteiger partial charge is 0.317 e. The molecular weight excluding hydrogens is 337 g/mol. The van der Waals surface area contributed by atoms with Gasteiger partial charge in [-0.1, -0.05) is 47.5 Å². The average molecular weight is 350 g/mol. The third-order valence-electron chi connectivity index (χ3n) is 3.00. The van der Waals surface area contributed by atoms with Crippen molar-refractivity contribution in [2.75, 3.05) is 5.32 Å². The van der Waals surface area contributed by atoms with Crippen LogP contribution in [0.5, 0.6) is 0 Å². The number of carbonyl (C=O) groups is 2. The maximum atomic E-state index is 11.8. The van der Waals surface area contributed by atoms with Gasteiger partial charge in [-0.05, 0) is 30.7 Å². The molecule has 2 amide bonds. The van der Waals surface area contributed by atoms with E-state index >= 15 is 0 Å². The van der Waals surface area contributed by atoms with Crippen molar-refractivity contribution in [3.05, 3.63) is 63.6 Å². The standard InChI is InChI=1S/C16H13Cl2N3O2/c1-10-12(17)7-4-8-14(10)20-15(22)16(23)21-19-9-11-5-2-3-6-13(11)18/h2-9H,1H3,(H,20,22)(H,21,23). The SMILES string of the molecule is Cc1c(Cl)cccc1NC(=O)C(=O)NN=Cc1ccccc1Cl. The lowest BCUT2D eigenvalue weighted by Gasteiger charge is -2.08. The number of nitrogens with one attached hydrogen (secondary N) is 2. The molecule has 0 aliphatic rings. The summed E-state index contributed by atoms with van der Waals surface area (Å²) in [6, 6.07) is 12.0. The Labute approximate surface area is 143 Å². The first-order valence-corrected chi connectivity index (χ1v) is 7.38. The lowest BCUT2D eigenvalue weighted by Crippen LogP contribution is -2.32. The van der Waals surface area contributed by atoms with Crippen LogP contribution >= 0.6 is 23.2 Å². The van der Waals surface area contributed by atoms with E-state index in [9.17, 15) is 9.59 Å². The molecule has 0 radical (unpaired) electrons. The fourth-order valence-corrected chi connectivity index (χ4v) is 2.07. The van der Waals surface area contributed by atoms with Crippen molar-refractivity contribution in [2.45, 2.75) is 6.92 Å². The van der Waals surface area contributed by atoms with E-state index in [1.807, 2.05) is 0 Å². The first-order chi connectivity index (χ1) is 11.0. The van der Waals surface area contributed by atoms with Gasteiger partial charge in [0.1, 0.15) is 0 Å². The van der Waals surface area contributed by atoms with Crippen molar-refractivity contribution >= 4 is 46.9 Å². The van der Waals surface area contributed by atoms with Crippen LogP contribution in [0.1, 0.15) is 11.1 Å². The summed E-state index contributed by atoms with van der Waals surface area (Å²) < 4.78 is 0. The van der Waals surface area contributed by atoms with Gasteiger partial charge in [-0.15, -0.1) is 0 Å². The topological polar surface area (TPSA) is 70.6 Å². The molecule has 0 heterocycles. The number of hydrazone groups is 1. The molecule has 0 atom stereocenters. The Kier molecular flexibility index (Phi) is 5.73. The normalized spacial score (nSPS) is 10.6. The van der Waals surface area contributed by atoms with Crippen molar-refractivity contribution in [2.24, 2.45) is 5.10 Å². The molecule has 2 aromatic carbocycles. The molecule has 0 fully saturated rings. The fourth-order valence-electron chi connectivity index (χ4n) is 1.71. The van der Waals surface area contributed by atoms with Gasteiger partial charge in [0.2, 0.25) is 0 Å². The fraction of sp³-hybridized carbons (Fsp3) is 0.0625. The van der Waals surface area contributed by atoms with E-state index in [0.717, 1.165) is 0 Å². The molecule has 5 nitrogen and oxygen atoms in total. The van der Waals surface area contributed by atoms with Crippen LogP contribution < -0.4 is 10.7 Å². The van der Waals surface area contributed by atoms with E-state index < -0.39 is 11.8 Å². The number of carbonyl (C=O) groups excluding carboxylic acids is 2. The van der Waals surface area contributed by atoms with Crippen molar-refractivity contribution in [3.63, 3.8) is 0 Å². The third kappa shape index (κ3) is 4.55. The first kappa shape index (κ1) is 17.0. The van der Waals surface area contributed by atoms with Gasteiger partial charge in [0.15, 0.2) is 0 Å². The van der Waals surface area contributed by atoms with Gasteiger partial charge in [-0.25, -0.2) is 5.43 Å². The van der Waals surface area contributed by atoms with Gasteiger partial charge in [0.25, 0.3) is 0 Å². The average Bonchev–Trinajstić information content (AvgIpc) is 2.53. The Bertz CT molecular complexity index is 776. The van der Waals surface area contributed by atoms with Crippen LogP contribution in [0.15, 0.2) is 47.6 Å². The Morgan fingerprint density at radius 1 is 1.00 bits per heavy atom. The zero-order valence-electron chi connectivity index (χ0n) is 12.1. The lowest BCUT2D eigenvalue weighted by molar-refractivity contribution is -0.136. The Morgan fingerprint density at radius 3 is 2.43 bits per heavy atom. The minimum atomic E-state index is -0.896. The molecule has 2 rings (SSSR count). The molecule has 0 aliphatic heterocycles. The van der Waals surface area contributed by atoms with Crippen LogP contribution in [-0.2, 0) is 9.59 Å². The van der Waals surface area contributed by atoms with E-state index in [1.54, 1.807) is 49.4 Å². The molecule has 0 spiro atoms. The Morgan fingerprint density at radius 2 is 1.70 bits per heavy atom. The molecule has 118 valence electrons. The number of hydrogen-bond donors (Lipinski definition) is 2. The maximum Gasteiger partial charge on any atom is 0.329 e. The second-order valence-electron chi connectivity index (χ2n) is 4.59. The molecule has 0 aliphatic carbocycles. The molecule has 7 heteroatoms. The number of benzene rings is 2. The van der Waals surface area contributed by atoms with Gasteiger partial charge < -0.3 is 5.32 Å². The Hall–Kier alpha value is -2.37. The first-order valence-electron chi connectivity index (χ1n) is 6.63. The number of anilines is 1. The van der Waals surface area contributed by atoms with Gasteiger partial charge in [0.05, 0.1) is 6.21 Å². The van der Waals surface area contributed by atoms with Gasteiger partial charge >= 0.3 is 11.8 Å². The van der Waals surface area contributed by atoms with Crippen LogP contribution in [0, 0.1) is 6.92 Å². The molecule has 0 unspecified atom stereocenters. The summed E-state index contributed by atoms with van der Waals surface area (Å²) >= 11 is 11.9. The molecule has 23 heavy (non-hydrogen) atoms. The van der Waals surface area contributed by atoms with Crippen LogP contribution in [0.25, 0.3) is 0 Å². The summed E-state index contributed by atoms with van der Waals surface area (Å²) in [6.45, 7) is 1.74. The second kappa shape index (κ2) is 7.76. The van der Waals surface area contributed by atoms with Crippen molar-refractivity contribution in [1.82, 2.24) is 5.43 Å². The minimum absolute atomic E-state index is 0.465. The van der Waals surface area contributed by atoms with Gasteiger partial charge in [-0.2, -0.15) is 5.10 Å². The van der Waals surface area contributed by atoms with Gasteiger partial charge in [-0.3, -0.25) is 9.59 Å². The van der Waals surface area contributed by atoms with Crippen LogP contribution in [0.3, 0.4) is 0 Å². The quantitative estimate of drug-likeness (QED) is 0.506. The van der Waals surface area contributed by atoms with E-state index in [2.05, 4.69) is 15.8 Å². The number of amides is 2. The predicted molar refractivity (Wildman–Crippen MR) is 92.0 cm³/mol. The van der Waals surface area contributed by atoms with Crippen LogP contribution in [-0.4, -0.2) is 18.0 Å². The van der Waals surface area contributed by atoms with E-state index in [4.69, 9.17) is 23.2 Å². The molecule has 2 N–H and O–H groups in total. The number of hydrogen-bond acceptors (Lipinski definition) is 3. The monoisotopic (exact) mass is 349 g/mol. The van der Waals surface area contributed by atoms with Crippen molar-refractivity contribution in [3.8, 4) is 0 Å². The highest BCUT2D eigenvalue weighted by Gasteiger charge is 2.14. The van der Waals surface area contributed by atoms with E-state index in [-0.39, 0.29) is 0 Å². The molecule has 2 aromatic rings.